The number of hydrogen-bond donors (Lipinski definition) is 0. The standard InChI is InChI=1S/C18H12ClF4N3O/c19-14-7-13(5-6-15(14)20)26(10-27)9-11-1-3-12(4-2-11)16-8-17(25-24-16)18(21,22)23/h1-7,10H,8-9H2. The number of rotatable bonds is 5. The minimum atomic E-state index is -4.49. The van der Waals surface area contributed by atoms with Crippen LogP contribution in [0.3, 0.4) is 0 Å². The van der Waals surface area contributed by atoms with E-state index in [1.165, 1.54) is 17.0 Å². The maximum Gasteiger partial charge on any atom is 0.431 e. The minimum Gasteiger partial charge on any atom is -0.311 e. The van der Waals surface area contributed by atoms with Gasteiger partial charge in [0.15, 0.2) is 0 Å². The first kappa shape index (κ1) is 19.0. The van der Waals surface area contributed by atoms with Gasteiger partial charge in [0.25, 0.3) is 0 Å². The van der Waals surface area contributed by atoms with Crippen molar-refractivity contribution in [2.24, 2.45) is 10.2 Å². The Hall–Kier alpha value is -2.74. The van der Waals surface area contributed by atoms with Crippen molar-refractivity contribution in [3.05, 3.63) is 64.4 Å². The molecule has 0 saturated carbocycles. The van der Waals surface area contributed by atoms with Gasteiger partial charge in [-0.2, -0.15) is 18.3 Å². The normalized spacial score (nSPS) is 14.0. The van der Waals surface area contributed by atoms with E-state index in [1.54, 1.807) is 24.3 Å². The lowest BCUT2D eigenvalue weighted by atomic mass is 10.0. The van der Waals surface area contributed by atoms with Gasteiger partial charge in [-0.25, -0.2) is 4.39 Å². The molecule has 1 aliphatic heterocycles. The van der Waals surface area contributed by atoms with Crippen molar-refractivity contribution in [3.63, 3.8) is 0 Å². The summed E-state index contributed by atoms with van der Waals surface area (Å²) in [5.41, 5.74) is 0.961. The molecule has 2 aromatic carbocycles. The zero-order valence-electron chi connectivity index (χ0n) is 13.7. The Morgan fingerprint density at radius 3 is 2.37 bits per heavy atom. The summed E-state index contributed by atoms with van der Waals surface area (Å²) in [7, 11) is 0. The van der Waals surface area contributed by atoms with Gasteiger partial charge >= 0.3 is 6.18 Å². The second-order valence-corrected chi connectivity index (χ2v) is 6.20. The molecule has 0 aliphatic carbocycles. The Balaban J connectivity index is 1.70. The average Bonchev–Trinajstić information content (AvgIpc) is 3.13. The molecule has 0 unspecified atom stereocenters. The van der Waals surface area contributed by atoms with Crippen LogP contribution in [0.4, 0.5) is 23.2 Å². The predicted molar refractivity (Wildman–Crippen MR) is 94.7 cm³/mol. The molecule has 0 aromatic heterocycles. The molecule has 0 N–H and O–H groups in total. The lowest BCUT2D eigenvalue weighted by Gasteiger charge is -2.18. The van der Waals surface area contributed by atoms with Crippen molar-refractivity contribution < 1.29 is 22.4 Å². The van der Waals surface area contributed by atoms with Gasteiger partial charge in [-0.05, 0) is 29.3 Å². The van der Waals surface area contributed by atoms with E-state index in [1.807, 2.05) is 0 Å². The van der Waals surface area contributed by atoms with Crippen molar-refractivity contribution >= 4 is 35.1 Å². The molecule has 0 fully saturated rings. The van der Waals surface area contributed by atoms with Crippen LogP contribution in [-0.4, -0.2) is 24.0 Å². The third-order valence-corrected chi connectivity index (χ3v) is 4.25. The molecule has 0 atom stereocenters. The van der Waals surface area contributed by atoms with E-state index >= 15 is 0 Å². The lowest BCUT2D eigenvalue weighted by Crippen LogP contribution is -2.23. The molecule has 0 radical (unpaired) electrons. The molecule has 2 aromatic rings. The highest BCUT2D eigenvalue weighted by atomic mass is 35.5. The van der Waals surface area contributed by atoms with Crippen LogP contribution in [-0.2, 0) is 11.3 Å². The first-order chi connectivity index (χ1) is 12.8. The molecule has 1 aliphatic rings. The van der Waals surface area contributed by atoms with Crippen molar-refractivity contribution in [1.82, 2.24) is 0 Å². The summed E-state index contributed by atoms with van der Waals surface area (Å²) in [6.45, 7) is 0.183. The Kier molecular flexibility index (Phi) is 5.27. The SMILES string of the molecule is O=CN(Cc1ccc(C2=NN=C(C(F)(F)F)C2)cc1)c1ccc(F)c(Cl)c1. The van der Waals surface area contributed by atoms with E-state index in [9.17, 15) is 22.4 Å². The first-order valence-electron chi connectivity index (χ1n) is 7.75. The zero-order valence-corrected chi connectivity index (χ0v) is 14.4. The number of hydrogen-bond acceptors (Lipinski definition) is 3. The highest BCUT2D eigenvalue weighted by Crippen LogP contribution is 2.26. The summed E-state index contributed by atoms with van der Waals surface area (Å²) in [5, 5.41) is 6.68. The molecule has 140 valence electrons. The summed E-state index contributed by atoms with van der Waals surface area (Å²) in [5.74, 6) is -0.589. The van der Waals surface area contributed by atoms with Crippen LogP contribution in [0, 0.1) is 5.82 Å². The lowest BCUT2D eigenvalue weighted by molar-refractivity contribution is -0.107. The smallest absolute Gasteiger partial charge is 0.311 e. The maximum absolute atomic E-state index is 13.3. The van der Waals surface area contributed by atoms with Gasteiger partial charge in [0, 0.05) is 12.1 Å². The van der Waals surface area contributed by atoms with Gasteiger partial charge in [-0.3, -0.25) is 4.79 Å². The Labute approximate surface area is 156 Å². The van der Waals surface area contributed by atoms with Crippen molar-refractivity contribution in [1.29, 1.82) is 0 Å². The van der Waals surface area contributed by atoms with E-state index in [2.05, 4.69) is 10.2 Å². The molecule has 3 rings (SSSR count). The monoisotopic (exact) mass is 397 g/mol. The van der Waals surface area contributed by atoms with E-state index < -0.39 is 17.7 Å². The summed E-state index contributed by atoms with van der Waals surface area (Å²) in [6, 6.07) is 10.5. The number of halogens is 5. The summed E-state index contributed by atoms with van der Waals surface area (Å²) < 4.78 is 51.2. The maximum atomic E-state index is 13.3. The van der Waals surface area contributed by atoms with Gasteiger partial charge in [0.05, 0.1) is 17.3 Å². The number of amides is 1. The largest absolute Gasteiger partial charge is 0.431 e. The van der Waals surface area contributed by atoms with Crippen molar-refractivity contribution in [2.75, 3.05) is 4.90 Å². The van der Waals surface area contributed by atoms with Crippen LogP contribution < -0.4 is 4.90 Å². The highest BCUT2D eigenvalue weighted by molar-refractivity contribution is 6.31. The Morgan fingerprint density at radius 2 is 1.81 bits per heavy atom. The molecule has 0 bridgehead atoms. The van der Waals surface area contributed by atoms with Gasteiger partial charge in [-0.1, -0.05) is 35.9 Å². The second-order valence-electron chi connectivity index (χ2n) is 5.80. The molecular formula is C18H12ClF4N3O. The molecule has 0 saturated heterocycles. The number of anilines is 1. The van der Waals surface area contributed by atoms with E-state index in [-0.39, 0.29) is 23.7 Å². The Bertz CT molecular complexity index is 923. The number of benzene rings is 2. The molecule has 9 heteroatoms. The van der Waals surface area contributed by atoms with E-state index in [0.29, 0.717) is 17.7 Å². The van der Waals surface area contributed by atoms with Gasteiger partial charge in [-0.15, -0.1) is 5.10 Å². The minimum absolute atomic E-state index is 0.102. The van der Waals surface area contributed by atoms with Gasteiger partial charge in [0.2, 0.25) is 6.41 Å². The average molecular weight is 398 g/mol. The number of alkyl halides is 3. The van der Waals surface area contributed by atoms with E-state index in [4.69, 9.17) is 11.6 Å². The van der Waals surface area contributed by atoms with Crippen LogP contribution in [0.15, 0.2) is 52.7 Å². The summed E-state index contributed by atoms with van der Waals surface area (Å²) in [6.07, 6.45) is -4.29. The Morgan fingerprint density at radius 1 is 1.11 bits per heavy atom. The van der Waals surface area contributed by atoms with Crippen LogP contribution in [0.25, 0.3) is 0 Å². The van der Waals surface area contributed by atoms with Gasteiger partial charge < -0.3 is 4.90 Å². The quantitative estimate of drug-likeness (QED) is 0.530. The summed E-state index contributed by atoms with van der Waals surface area (Å²) in [4.78, 5) is 12.7. The molecule has 0 spiro atoms. The molecule has 1 amide bonds. The topological polar surface area (TPSA) is 45.0 Å². The third kappa shape index (κ3) is 4.33. The van der Waals surface area contributed by atoms with Crippen molar-refractivity contribution in [2.45, 2.75) is 19.1 Å². The molecule has 4 nitrogen and oxygen atoms in total. The molecular weight excluding hydrogens is 386 g/mol. The van der Waals surface area contributed by atoms with Crippen molar-refractivity contribution in [3.8, 4) is 0 Å². The predicted octanol–water partition coefficient (Wildman–Crippen LogP) is 4.75. The van der Waals surface area contributed by atoms with Crippen LogP contribution >= 0.6 is 11.6 Å². The molecule has 27 heavy (non-hydrogen) atoms. The van der Waals surface area contributed by atoms with Gasteiger partial charge in [0.1, 0.15) is 11.5 Å². The fraction of sp³-hybridized carbons (Fsp3) is 0.167. The van der Waals surface area contributed by atoms with Crippen LogP contribution in [0.1, 0.15) is 17.5 Å². The van der Waals surface area contributed by atoms with Crippen LogP contribution in [0.5, 0.6) is 0 Å². The molecule has 1 heterocycles. The van der Waals surface area contributed by atoms with Crippen LogP contribution in [0.2, 0.25) is 5.02 Å². The number of carbonyl (C=O) groups excluding carboxylic acids is 1. The number of carbonyl (C=O) groups is 1. The van der Waals surface area contributed by atoms with E-state index in [0.717, 1.165) is 11.6 Å². The summed E-state index contributed by atoms with van der Waals surface area (Å²) >= 11 is 5.73. The third-order valence-electron chi connectivity index (χ3n) is 3.96. The number of nitrogens with zero attached hydrogens (tertiary/aromatic N) is 3. The second kappa shape index (κ2) is 7.48. The zero-order chi connectivity index (χ0) is 19.6. The fourth-order valence-corrected chi connectivity index (χ4v) is 2.69. The first-order valence-corrected chi connectivity index (χ1v) is 8.12. The highest BCUT2D eigenvalue weighted by Gasteiger charge is 2.38. The fourth-order valence-electron chi connectivity index (χ4n) is 2.52.